The van der Waals surface area contributed by atoms with Crippen LogP contribution in [0.25, 0.3) is 49.7 Å². The minimum Gasteiger partial charge on any atom is -0.309 e. The van der Waals surface area contributed by atoms with E-state index < -0.39 is 0 Å². The van der Waals surface area contributed by atoms with Crippen LogP contribution in [0.4, 0.5) is 0 Å². The normalized spacial score (nSPS) is 11.3. The minimum absolute atomic E-state index is 0.752. The van der Waals surface area contributed by atoms with Crippen molar-refractivity contribution in [2.45, 2.75) is 0 Å². The van der Waals surface area contributed by atoms with Gasteiger partial charge in [-0.25, -0.2) is 0 Å². The van der Waals surface area contributed by atoms with Crippen LogP contribution in [0.1, 0.15) is 0 Å². The van der Waals surface area contributed by atoms with E-state index in [1.54, 1.807) is 0 Å². The standard InChI is InChI=1S/C30H20ClN/c31-24-17-14-21(15-18-24)23-16-19-28-27(20-23)30-26(22-8-3-1-4-9-22)12-7-13-29(30)32(28)25-10-5-2-6-11-25/h1-20H. The second-order valence-corrected chi connectivity index (χ2v) is 8.41. The summed E-state index contributed by atoms with van der Waals surface area (Å²) in [4.78, 5) is 0. The Morgan fingerprint density at radius 2 is 1.19 bits per heavy atom. The number of para-hydroxylation sites is 1. The number of hydrogen-bond acceptors (Lipinski definition) is 0. The molecule has 0 saturated carbocycles. The Morgan fingerprint density at radius 1 is 0.500 bits per heavy atom. The number of fused-ring (bicyclic) bond motifs is 3. The molecule has 0 unspecified atom stereocenters. The number of halogens is 1. The van der Waals surface area contributed by atoms with Crippen LogP contribution in [0.15, 0.2) is 121 Å². The predicted octanol–water partition coefficient (Wildman–Crippen LogP) is 8.77. The van der Waals surface area contributed by atoms with Crippen molar-refractivity contribution in [1.29, 1.82) is 0 Å². The zero-order valence-electron chi connectivity index (χ0n) is 17.4. The van der Waals surface area contributed by atoms with Gasteiger partial charge in [0.1, 0.15) is 0 Å². The van der Waals surface area contributed by atoms with Gasteiger partial charge < -0.3 is 4.57 Å². The molecule has 1 nitrogen and oxygen atoms in total. The summed E-state index contributed by atoms with van der Waals surface area (Å²) in [7, 11) is 0. The van der Waals surface area contributed by atoms with Gasteiger partial charge in [-0.15, -0.1) is 0 Å². The van der Waals surface area contributed by atoms with E-state index in [4.69, 9.17) is 11.6 Å². The molecule has 0 spiro atoms. The summed E-state index contributed by atoms with van der Waals surface area (Å²) >= 11 is 6.13. The molecule has 5 aromatic carbocycles. The van der Waals surface area contributed by atoms with Gasteiger partial charge in [0.15, 0.2) is 0 Å². The monoisotopic (exact) mass is 429 g/mol. The van der Waals surface area contributed by atoms with Crippen LogP contribution in [0.3, 0.4) is 0 Å². The molecule has 0 N–H and O–H groups in total. The highest BCUT2D eigenvalue weighted by atomic mass is 35.5. The zero-order chi connectivity index (χ0) is 21.5. The zero-order valence-corrected chi connectivity index (χ0v) is 18.1. The summed E-state index contributed by atoms with van der Waals surface area (Å²) in [5, 5.41) is 3.27. The fraction of sp³-hybridized carbons (Fsp3) is 0. The lowest BCUT2D eigenvalue weighted by Gasteiger charge is -2.08. The third-order valence-electron chi connectivity index (χ3n) is 6.07. The van der Waals surface area contributed by atoms with Gasteiger partial charge in [0.2, 0.25) is 0 Å². The van der Waals surface area contributed by atoms with Crippen molar-refractivity contribution in [1.82, 2.24) is 4.57 Å². The summed E-state index contributed by atoms with van der Waals surface area (Å²) in [6, 6.07) is 42.6. The summed E-state index contributed by atoms with van der Waals surface area (Å²) in [6.45, 7) is 0. The third kappa shape index (κ3) is 3.10. The lowest BCUT2D eigenvalue weighted by Crippen LogP contribution is -1.93. The average Bonchev–Trinajstić information content (AvgIpc) is 3.19. The van der Waals surface area contributed by atoms with Crippen molar-refractivity contribution in [2.75, 3.05) is 0 Å². The first-order valence-corrected chi connectivity index (χ1v) is 11.1. The van der Waals surface area contributed by atoms with Gasteiger partial charge in [0.05, 0.1) is 11.0 Å². The summed E-state index contributed by atoms with van der Waals surface area (Å²) < 4.78 is 2.36. The maximum atomic E-state index is 6.13. The topological polar surface area (TPSA) is 4.93 Å². The molecule has 0 aliphatic carbocycles. The number of aromatic nitrogens is 1. The largest absolute Gasteiger partial charge is 0.309 e. The Morgan fingerprint density at radius 3 is 1.94 bits per heavy atom. The molecule has 0 aliphatic rings. The summed E-state index contributed by atoms with van der Waals surface area (Å²) in [5.74, 6) is 0. The van der Waals surface area contributed by atoms with E-state index in [1.807, 2.05) is 12.1 Å². The van der Waals surface area contributed by atoms with E-state index in [1.165, 1.54) is 38.5 Å². The van der Waals surface area contributed by atoms with Crippen LogP contribution < -0.4 is 0 Å². The van der Waals surface area contributed by atoms with Crippen LogP contribution in [-0.2, 0) is 0 Å². The maximum Gasteiger partial charge on any atom is 0.0547 e. The SMILES string of the molecule is Clc1ccc(-c2ccc3c(c2)c2c(-c4ccccc4)cccc2n3-c2ccccc2)cc1. The molecule has 0 aliphatic heterocycles. The summed E-state index contributed by atoms with van der Waals surface area (Å²) in [5.41, 5.74) is 8.39. The van der Waals surface area contributed by atoms with E-state index in [9.17, 15) is 0 Å². The molecule has 0 saturated heterocycles. The molecule has 0 fully saturated rings. The third-order valence-corrected chi connectivity index (χ3v) is 6.32. The fourth-order valence-corrected chi connectivity index (χ4v) is 4.73. The van der Waals surface area contributed by atoms with Gasteiger partial charge in [-0.05, 0) is 64.7 Å². The van der Waals surface area contributed by atoms with Crippen molar-refractivity contribution in [2.24, 2.45) is 0 Å². The lowest BCUT2D eigenvalue weighted by molar-refractivity contribution is 1.18. The number of nitrogens with zero attached hydrogens (tertiary/aromatic N) is 1. The van der Waals surface area contributed by atoms with Gasteiger partial charge in [0.25, 0.3) is 0 Å². The second kappa shape index (κ2) is 7.71. The molecule has 0 atom stereocenters. The van der Waals surface area contributed by atoms with E-state index >= 15 is 0 Å². The highest BCUT2D eigenvalue weighted by Crippen LogP contribution is 2.40. The first kappa shape index (κ1) is 18.9. The van der Waals surface area contributed by atoms with E-state index in [2.05, 4.69) is 114 Å². The fourth-order valence-electron chi connectivity index (χ4n) is 4.61. The first-order valence-electron chi connectivity index (χ1n) is 10.7. The molecule has 0 radical (unpaired) electrons. The van der Waals surface area contributed by atoms with Crippen molar-refractivity contribution in [3.8, 4) is 27.9 Å². The molecular weight excluding hydrogens is 410 g/mol. The van der Waals surface area contributed by atoms with Crippen LogP contribution in [0, 0.1) is 0 Å². The molecule has 6 rings (SSSR count). The van der Waals surface area contributed by atoms with Crippen LogP contribution in [0.5, 0.6) is 0 Å². The van der Waals surface area contributed by atoms with Gasteiger partial charge >= 0.3 is 0 Å². The van der Waals surface area contributed by atoms with Crippen molar-refractivity contribution in [3.05, 3.63) is 126 Å². The first-order chi connectivity index (χ1) is 15.8. The highest BCUT2D eigenvalue weighted by Gasteiger charge is 2.16. The van der Waals surface area contributed by atoms with Gasteiger partial charge in [-0.3, -0.25) is 0 Å². The highest BCUT2D eigenvalue weighted by molar-refractivity contribution is 6.30. The Kier molecular flexibility index (Phi) is 4.56. The van der Waals surface area contributed by atoms with Gasteiger partial charge in [-0.1, -0.05) is 90.5 Å². The quantitative estimate of drug-likeness (QED) is 0.265. The second-order valence-electron chi connectivity index (χ2n) is 7.98. The van der Waals surface area contributed by atoms with Crippen LogP contribution >= 0.6 is 11.6 Å². The molecule has 2 heteroatoms. The van der Waals surface area contributed by atoms with E-state index in [-0.39, 0.29) is 0 Å². The molecule has 152 valence electrons. The van der Waals surface area contributed by atoms with Crippen molar-refractivity contribution >= 4 is 33.4 Å². The average molecular weight is 430 g/mol. The number of rotatable bonds is 3. The van der Waals surface area contributed by atoms with Gasteiger partial charge in [0, 0.05) is 21.5 Å². The Hall–Kier alpha value is -3.81. The number of hydrogen-bond donors (Lipinski definition) is 0. The summed E-state index contributed by atoms with van der Waals surface area (Å²) in [6.07, 6.45) is 0. The lowest BCUT2D eigenvalue weighted by atomic mass is 9.97. The molecule has 0 bridgehead atoms. The van der Waals surface area contributed by atoms with Crippen LogP contribution in [-0.4, -0.2) is 4.57 Å². The van der Waals surface area contributed by atoms with E-state index in [0.717, 1.165) is 16.3 Å². The molecule has 1 aromatic heterocycles. The van der Waals surface area contributed by atoms with E-state index in [0.29, 0.717) is 0 Å². The Labute approximate surface area is 192 Å². The number of benzene rings is 5. The van der Waals surface area contributed by atoms with Crippen LogP contribution in [0.2, 0.25) is 5.02 Å². The van der Waals surface area contributed by atoms with Crippen molar-refractivity contribution in [3.63, 3.8) is 0 Å². The molecule has 6 aromatic rings. The molecule has 32 heavy (non-hydrogen) atoms. The Balaban J connectivity index is 1.72. The smallest absolute Gasteiger partial charge is 0.0547 e. The molecule has 1 heterocycles. The Bertz CT molecular complexity index is 1550. The molecular formula is C30H20ClN. The maximum absolute atomic E-state index is 6.13. The molecule has 0 amide bonds. The van der Waals surface area contributed by atoms with Crippen molar-refractivity contribution < 1.29 is 0 Å². The minimum atomic E-state index is 0.752. The van der Waals surface area contributed by atoms with Gasteiger partial charge in [-0.2, -0.15) is 0 Å². The predicted molar refractivity (Wildman–Crippen MR) is 137 cm³/mol.